The molecule has 0 bridgehead atoms. The van der Waals surface area contributed by atoms with Gasteiger partial charge < -0.3 is 15.4 Å². The molecule has 0 aliphatic rings. The lowest BCUT2D eigenvalue weighted by atomic mass is 10.2. The Morgan fingerprint density at radius 3 is 2.42 bits per heavy atom. The molecule has 0 spiro atoms. The molecule has 0 atom stereocenters. The number of hydrogen-bond acceptors (Lipinski definition) is 4. The summed E-state index contributed by atoms with van der Waals surface area (Å²) in [5.41, 5.74) is 1.72. The molecule has 0 unspecified atom stereocenters. The second kappa shape index (κ2) is 8.08. The zero-order valence-electron chi connectivity index (χ0n) is 13.8. The van der Waals surface area contributed by atoms with Gasteiger partial charge >= 0.3 is 0 Å². The van der Waals surface area contributed by atoms with Crippen LogP contribution in [0, 0.1) is 0 Å². The third kappa shape index (κ3) is 4.45. The van der Waals surface area contributed by atoms with E-state index in [0.29, 0.717) is 38.6 Å². The van der Waals surface area contributed by atoms with Crippen molar-refractivity contribution in [3.63, 3.8) is 0 Å². The van der Waals surface area contributed by atoms with Crippen molar-refractivity contribution in [3.8, 4) is 5.75 Å². The van der Waals surface area contributed by atoms with E-state index in [9.17, 15) is 4.79 Å². The molecular formula is C19H15Cl2N3O2. The fourth-order valence-electron chi connectivity index (χ4n) is 2.32. The van der Waals surface area contributed by atoms with Gasteiger partial charge in [-0.05, 0) is 42.5 Å². The first-order chi connectivity index (χ1) is 12.5. The van der Waals surface area contributed by atoms with Crippen LogP contribution in [0.15, 0.2) is 60.8 Å². The summed E-state index contributed by atoms with van der Waals surface area (Å²) in [6, 6.07) is 15.7. The predicted octanol–water partition coefficient (Wildman–Crippen LogP) is 5.39. The Bertz CT molecular complexity index is 910. The Labute approximate surface area is 160 Å². The molecular weight excluding hydrogens is 373 g/mol. The van der Waals surface area contributed by atoms with Crippen LogP contribution in [0.25, 0.3) is 0 Å². The topological polar surface area (TPSA) is 63.2 Å². The molecule has 0 fully saturated rings. The van der Waals surface area contributed by atoms with Crippen LogP contribution in [0.1, 0.15) is 10.4 Å². The number of carbonyl (C=O) groups excluding carboxylic acids is 1. The number of ether oxygens (including phenoxy) is 1. The van der Waals surface area contributed by atoms with Gasteiger partial charge in [0, 0.05) is 21.9 Å². The standard InChI is InChI=1S/C19H15Cl2N3O2/c1-26-17-5-3-2-4-16(17)24-19(25)12-6-7-18(22-11-12)23-15-9-13(20)8-14(21)10-15/h2-11H,1H3,(H,22,23)(H,24,25). The van der Waals surface area contributed by atoms with Crippen molar-refractivity contribution >= 4 is 46.3 Å². The van der Waals surface area contributed by atoms with Gasteiger partial charge in [-0.2, -0.15) is 0 Å². The Kier molecular flexibility index (Phi) is 5.61. The molecule has 0 saturated carbocycles. The van der Waals surface area contributed by atoms with Crippen molar-refractivity contribution in [2.75, 3.05) is 17.7 Å². The monoisotopic (exact) mass is 387 g/mol. The number of rotatable bonds is 5. The van der Waals surface area contributed by atoms with Crippen molar-refractivity contribution in [1.82, 2.24) is 4.98 Å². The molecule has 0 aliphatic heterocycles. The van der Waals surface area contributed by atoms with Crippen LogP contribution in [0.4, 0.5) is 17.2 Å². The van der Waals surface area contributed by atoms with Crippen LogP contribution < -0.4 is 15.4 Å². The summed E-state index contributed by atoms with van der Waals surface area (Å²) in [6.07, 6.45) is 1.49. The molecule has 3 rings (SSSR count). The van der Waals surface area contributed by atoms with Gasteiger partial charge in [0.1, 0.15) is 11.6 Å². The van der Waals surface area contributed by atoms with Gasteiger partial charge in [-0.25, -0.2) is 4.98 Å². The first-order valence-corrected chi connectivity index (χ1v) is 8.44. The highest BCUT2D eigenvalue weighted by molar-refractivity contribution is 6.35. The van der Waals surface area contributed by atoms with Gasteiger partial charge in [-0.15, -0.1) is 0 Å². The second-order valence-electron chi connectivity index (χ2n) is 5.37. The SMILES string of the molecule is COc1ccccc1NC(=O)c1ccc(Nc2cc(Cl)cc(Cl)c2)nc1. The van der Waals surface area contributed by atoms with Gasteiger partial charge in [0.2, 0.25) is 0 Å². The summed E-state index contributed by atoms with van der Waals surface area (Å²) < 4.78 is 5.22. The smallest absolute Gasteiger partial charge is 0.257 e. The summed E-state index contributed by atoms with van der Waals surface area (Å²) >= 11 is 12.0. The van der Waals surface area contributed by atoms with Crippen LogP contribution in [-0.4, -0.2) is 18.0 Å². The third-order valence-corrected chi connectivity index (χ3v) is 3.95. The average Bonchev–Trinajstić information content (AvgIpc) is 2.62. The lowest BCUT2D eigenvalue weighted by molar-refractivity contribution is 0.102. The Morgan fingerprint density at radius 2 is 1.77 bits per heavy atom. The fraction of sp³-hybridized carbons (Fsp3) is 0.0526. The van der Waals surface area contributed by atoms with Gasteiger partial charge in [0.15, 0.2) is 0 Å². The first-order valence-electron chi connectivity index (χ1n) is 7.69. The highest BCUT2D eigenvalue weighted by Crippen LogP contribution is 2.25. The van der Waals surface area contributed by atoms with E-state index >= 15 is 0 Å². The van der Waals surface area contributed by atoms with Crippen LogP contribution in [-0.2, 0) is 0 Å². The molecule has 1 amide bonds. The van der Waals surface area contributed by atoms with E-state index in [1.54, 1.807) is 49.6 Å². The van der Waals surface area contributed by atoms with Crippen molar-refractivity contribution in [2.24, 2.45) is 0 Å². The zero-order valence-corrected chi connectivity index (χ0v) is 15.3. The number of aromatic nitrogens is 1. The fourth-order valence-corrected chi connectivity index (χ4v) is 2.84. The number of para-hydroxylation sites is 2. The summed E-state index contributed by atoms with van der Waals surface area (Å²) in [4.78, 5) is 16.6. The Morgan fingerprint density at radius 1 is 1.04 bits per heavy atom. The van der Waals surface area contributed by atoms with Crippen molar-refractivity contribution in [1.29, 1.82) is 0 Å². The molecule has 2 aromatic carbocycles. The average molecular weight is 388 g/mol. The van der Waals surface area contributed by atoms with E-state index in [-0.39, 0.29) is 5.91 Å². The molecule has 7 heteroatoms. The maximum absolute atomic E-state index is 12.4. The zero-order chi connectivity index (χ0) is 18.5. The minimum atomic E-state index is -0.278. The Balaban J connectivity index is 1.71. The summed E-state index contributed by atoms with van der Waals surface area (Å²) in [5.74, 6) is 0.876. The number of nitrogens with zero attached hydrogens (tertiary/aromatic N) is 1. The lowest BCUT2D eigenvalue weighted by Gasteiger charge is -2.10. The van der Waals surface area contributed by atoms with Crippen LogP contribution >= 0.6 is 23.2 Å². The highest BCUT2D eigenvalue weighted by Gasteiger charge is 2.10. The molecule has 132 valence electrons. The van der Waals surface area contributed by atoms with E-state index in [0.717, 1.165) is 0 Å². The number of benzene rings is 2. The number of amides is 1. The molecule has 1 heterocycles. The van der Waals surface area contributed by atoms with Gasteiger partial charge in [0.25, 0.3) is 5.91 Å². The Hall–Kier alpha value is -2.76. The molecule has 0 aliphatic carbocycles. The summed E-state index contributed by atoms with van der Waals surface area (Å²) in [6.45, 7) is 0. The predicted molar refractivity (Wildman–Crippen MR) is 105 cm³/mol. The van der Waals surface area contributed by atoms with E-state index in [1.165, 1.54) is 6.20 Å². The van der Waals surface area contributed by atoms with E-state index in [2.05, 4.69) is 15.6 Å². The number of carbonyl (C=O) groups is 1. The summed E-state index contributed by atoms with van der Waals surface area (Å²) in [7, 11) is 1.55. The lowest BCUT2D eigenvalue weighted by Crippen LogP contribution is -2.13. The quantitative estimate of drug-likeness (QED) is 0.615. The van der Waals surface area contributed by atoms with Crippen molar-refractivity contribution in [2.45, 2.75) is 0 Å². The maximum Gasteiger partial charge on any atom is 0.257 e. The molecule has 0 radical (unpaired) electrons. The van der Waals surface area contributed by atoms with E-state index in [1.807, 2.05) is 12.1 Å². The van der Waals surface area contributed by atoms with Gasteiger partial charge in [-0.3, -0.25) is 4.79 Å². The normalized spacial score (nSPS) is 10.3. The molecule has 26 heavy (non-hydrogen) atoms. The van der Waals surface area contributed by atoms with Crippen molar-refractivity contribution in [3.05, 3.63) is 76.4 Å². The van der Waals surface area contributed by atoms with Crippen LogP contribution in [0.3, 0.4) is 0 Å². The first kappa shape index (κ1) is 18.0. The number of nitrogens with one attached hydrogen (secondary N) is 2. The number of anilines is 3. The van der Waals surface area contributed by atoms with Crippen LogP contribution in [0.5, 0.6) is 5.75 Å². The second-order valence-corrected chi connectivity index (χ2v) is 6.24. The van der Waals surface area contributed by atoms with E-state index in [4.69, 9.17) is 27.9 Å². The number of hydrogen-bond donors (Lipinski definition) is 2. The number of halogens is 2. The molecule has 1 aromatic heterocycles. The maximum atomic E-state index is 12.4. The molecule has 5 nitrogen and oxygen atoms in total. The minimum Gasteiger partial charge on any atom is -0.495 e. The van der Waals surface area contributed by atoms with Gasteiger partial charge in [0.05, 0.1) is 18.4 Å². The van der Waals surface area contributed by atoms with Crippen LogP contribution in [0.2, 0.25) is 10.0 Å². The highest BCUT2D eigenvalue weighted by atomic mass is 35.5. The van der Waals surface area contributed by atoms with E-state index < -0.39 is 0 Å². The number of pyridine rings is 1. The van der Waals surface area contributed by atoms with Gasteiger partial charge in [-0.1, -0.05) is 35.3 Å². The summed E-state index contributed by atoms with van der Waals surface area (Å²) in [5, 5.41) is 6.93. The largest absolute Gasteiger partial charge is 0.495 e. The minimum absolute atomic E-state index is 0.278. The van der Waals surface area contributed by atoms with Crippen molar-refractivity contribution < 1.29 is 9.53 Å². The number of methoxy groups -OCH3 is 1. The molecule has 0 saturated heterocycles. The molecule has 2 N–H and O–H groups in total. The molecule has 3 aromatic rings. The third-order valence-electron chi connectivity index (χ3n) is 3.52.